The number of carbonyl (C=O) groups is 2. The molecule has 2 aromatic rings. The zero-order valence-corrected chi connectivity index (χ0v) is 21.4. The van der Waals surface area contributed by atoms with Gasteiger partial charge in [-0.05, 0) is 68.7 Å². The summed E-state index contributed by atoms with van der Waals surface area (Å²) < 4.78 is 5.43. The lowest BCUT2D eigenvalue weighted by molar-refractivity contribution is -0.139. The number of rotatable bonds is 8. The number of carbonyl (C=O) groups excluding carboxylic acids is 2. The Balaban J connectivity index is 2.19. The van der Waals surface area contributed by atoms with Gasteiger partial charge in [0.25, 0.3) is 11.7 Å². The summed E-state index contributed by atoms with van der Waals surface area (Å²) in [5, 5.41) is 11.7. The van der Waals surface area contributed by atoms with Gasteiger partial charge in [-0.15, -0.1) is 0 Å². The van der Waals surface area contributed by atoms with Gasteiger partial charge in [-0.2, -0.15) is 0 Å². The predicted molar refractivity (Wildman–Crippen MR) is 135 cm³/mol. The number of aryl methyl sites for hydroxylation is 1. The molecule has 0 spiro atoms. The van der Waals surface area contributed by atoms with Gasteiger partial charge in [0, 0.05) is 6.54 Å². The van der Waals surface area contributed by atoms with E-state index in [0.29, 0.717) is 29.5 Å². The van der Waals surface area contributed by atoms with Crippen LogP contribution in [-0.2, 0) is 9.59 Å². The van der Waals surface area contributed by atoms with Crippen LogP contribution < -0.4 is 4.74 Å². The average molecular weight is 485 g/mol. The van der Waals surface area contributed by atoms with Crippen molar-refractivity contribution in [3.8, 4) is 5.75 Å². The van der Waals surface area contributed by atoms with E-state index in [-0.39, 0.29) is 17.1 Å². The summed E-state index contributed by atoms with van der Waals surface area (Å²) in [5.74, 6) is -0.999. The Morgan fingerprint density at radius 3 is 2.38 bits per heavy atom. The van der Waals surface area contributed by atoms with E-state index >= 15 is 0 Å². The minimum Gasteiger partial charge on any atom is -0.507 e. The first kappa shape index (κ1) is 25.8. The van der Waals surface area contributed by atoms with Gasteiger partial charge in [-0.3, -0.25) is 9.59 Å². The highest BCUT2D eigenvalue weighted by atomic mass is 35.5. The lowest BCUT2D eigenvalue weighted by atomic mass is 9.92. The van der Waals surface area contributed by atoms with E-state index in [1.165, 1.54) is 7.11 Å². The van der Waals surface area contributed by atoms with E-state index in [9.17, 15) is 14.7 Å². The van der Waals surface area contributed by atoms with Crippen LogP contribution in [0.3, 0.4) is 0 Å². The molecule has 1 aliphatic heterocycles. The van der Waals surface area contributed by atoms with Gasteiger partial charge in [0.05, 0.1) is 29.3 Å². The number of halogens is 1. The molecular weight excluding hydrogens is 452 g/mol. The first-order valence-electron chi connectivity index (χ1n) is 11.4. The summed E-state index contributed by atoms with van der Waals surface area (Å²) in [4.78, 5) is 30.0. The third-order valence-corrected chi connectivity index (χ3v) is 6.39. The standard InChI is InChI=1S/C27H33ClN2O4/c1-16(2)18-8-10-19(11-9-18)23-22(25(32)27(33)30(23)13-7-12-29(4)5)24(31)20-14-17(3)15-21(28)26(20)34-6/h8-11,14-16,23,31H,7,12-13H2,1-6H3/b24-22+. The maximum Gasteiger partial charge on any atom is 0.295 e. The maximum atomic E-state index is 13.3. The molecule has 6 nitrogen and oxygen atoms in total. The number of Topliss-reactive ketones (excluding diaryl/α,β-unsaturated/α-hetero) is 1. The summed E-state index contributed by atoms with van der Waals surface area (Å²) in [6.07, 6.45) is 0.695. The second-order valence-electron chi connectivity index (χ2n) is 9.30. The molecule has 1 N–H and O–H groups in total. The van der Waals surface area contributed by atoms with Gasteiger partial charge in [0.15, 0.2) is 0 Å². The van der Waals surface area contributed by atoms with Crippen LogP contribution in [0.4, 0.5) is 0 Å². The predicted octanol–water partition coefficient (Wildman–Crippen LogP) is 5.15. The van der Waals surface area contributed by atoms with Crippen LogP contribution >= 0.6 is 11.6 Å². The van der Waals surface area contributed by atoms with Crippen LogP contribution in [0.1, 0.15) is 54.5 Å². The summed E-state index contributed by atoms with van der Waals surface area (Å²) >= 11 is 6.35. The Hall–Kier alpha value is -2.83. The van der Waals surface area contributed by atoms with Gasteiger partial charge in [-0.1, -0.05) is 49.7 Å². The Bertz CT molecular complexity index is 1110. The number of amides is 1. The Labute approximate surface area is 206 Å². The van der Waals surface area contributed by atoms with Crippen LogP contribution in [-0.4, -0.2) is 60.9 Å². The Kier molecular flexibility index (Phi) is 8.05. The molecule has 1 atom stereocenters. The molecule has 2 aromatic carbocycles. The molecule has 3 rings (SSSR count). The van der Waals surface area contributed by atoms with E-state index in [1.54, 1.807) is 17.0 Å². The van der Waals surface area contributed by atoms with Gasteiger partial charge in [0.2, 0.25) is 0 Å². The number of hydrogen-bond acceptors (Lipinski definition) is 5. The van der Waals surface area contributed by atoms with Gasteiger partial charge in [-0.25, -0.2) is 0 Å². The topological polar surface area (TPSA) is 70.1 Å². The normalized spacial score (nSPS) is 17.8. The van der Waals surface area contributed by atoms with Crippen molar-refractivity contribution in [2.45, 2.75) is 39.2 Å². The minimum absolute atomic E-state index is 0.0483. The van der Waals surface area contributed by atoms with Crippen molar-refractivity contribution in [2.24, 2.45) is 0 Å². The molecule has 182 valence electrons. The number of aliphatic hydroxyl groups excluding tert-OH is 1. The molecule has 7 heteroatoms. The molecule has 0 bridgehead atoms. The molecule has 1 aliphatic rings. The highest BCUT2D eigenvalue weighted by Crippen LogP contribution is 2.43. The largest absolute Gasteiger partial charge is 0.507 e. The summed E-state index contributed by atoms with van der Waals surface area (Å²) in [5.41, 5.74) is 3.06. The zero-order chi connectivity index (χ0) is 25.2. The lowest BCUT2D eigenvalue weighted by Gasteiger charge is -2.26. The molecule has 0 saturated carbocycles. The Morgan fingerprint density at radius 1 is 1.18 bits per heavy atom. The Morgan fingerprint density at radius 2 is 1.82 bits per heavy atom. The fraction of sp³-hybridized carbons (Fsp3) is 0.407. The van der Waals surface area contributed by atoms with Crippen molar-refractivity contribution >= 4 is 29.1 Å². The molecule has 0 radical (unpaired) electrons. The minimum atomic E-state index is -0.708. The molecule has 1 heterocycles. The highest BCUT2D eigenvalue weighted by Gasteiger charge is 2.46. The average Bonchev–Trinajstić information content (AvgIpc) is 3.03. The molecule has 1 amide bonds. The fourth-order valence-electron chi connectivity index (χ4n) is 4.34. The van der Waals surface area contributed by atoms with Crippen LogP contribution in [0.15, 0.2) is 42.0 Å². The number of likely N-dealkylation sites (tertiary alicyclic amines) is 1. The van der Waals surface area contributed by atoms with Crippen molar-refractivity contribution in [1.82, 2.24) is 9.80 Å². The molecule has 0 aliphatic carbocycles. The van der Waals surface area contributed by atoms with Gasteiger partial charge < -0.3 is 19.6 Å². The lowest BCUT2D eigenvalue weighted by Crippen LogP contribution is -2.32. The molecular formula is C27H33ClN2O4. The van der Waals surface area contributed by atoms with Crippen molar-refractivity contribution in [1.29, 1.82) is 0 Å². The van der Waals surface area contributed by atoms with E-state index < -0.39 is 17.7 Å². The van der Waals surface area contributed by atoms with Gasteiger partial charge >= 0.3 is 0 Å². The van der Waals surface area contributed by atoms with E-state index in [0.717, 1.165) is 23.2 Å². The summed E-state index contributed by atoms with van der Waals surface area (Å²) in [6, 6.07) is 10.6. The monoisotopic (exact) mass is 484 g/mol. The number of nitrogens with zero attached hydrogens (tertiary/aromatic N) is 2. The summed E-state index contributed by atoms with van der Waals surface area (Å²) in [7, 11) is 5.38. The number of aliphatic hydroxyl groups is 1. The van der Waals surface area contributed by atoms with Crippen LogP contribution in [0, 0.1) is 6.92 Å². The third kappa shape index (κ3) is 5.13. The van der Waals surface area contributed by atoms with Crippen LogP contribution in [0.2, 0.25) is 5.02 Å². The number of ether oxygens (including phenoxy) is 1. The van der Waals surface area contributed by atoms with Crippen molar-refractivity contribution in [2.75, 3.05) is 34.3 Å². The summed E-state index contributed by atoms with van der Waals surface area (Å²) in [6.45, 7) is 7.21. The molecule has 34 heavy (non-hydrogen) atoms. The van der Waals surface area contributed by atoms with Crippen molar-refractivity contribution < 1.29 is 19.4 Å². The number of hydrogen-bond donors (Lipinski definition) is 1. The molecule has 1 fully saturated rings. The van der Waals surface area contributed by atoms with E-state index in [4.69, 9.17) is 16.3 Å². The SMILES string of the molecule is COc1c(Cl)cc(C)cc1/C(O)=C1\C(=O)C(=O)N(CCCN(C)C)C1c1ccc(C(C)C)cc1. The number of methoxy groups -OCH3 is 1. The van der Waals surface area contributed by atoms with Crippen molar-refractivity contribution in [3.05, 3.63) is 69.2 Å². The quantitative estimate of drug-likeness (QED) is 0.318. The van der Waals surface area contributed by atoms with Gasteiger partial charge in [0.1, 0.15) is 11.5 Å². The second-order valence-corrected chi connectivity index (χ2v) is 9.71. The molecule has 1 unspecified atom stereocenters. The third-order valence-electron chi connectivity index (χ3n) is 6.11. The number of ketones is 1. The van der Waals surface area contributed by atoms with E-state index in [2.05, 4.69) is 13.8 Å². The highest BCUT2D eigenvalue weighted by molar-refractivity contribution is 6.46. The fourth-order valence-corrected chi connectivity index (χ4v) is 4.69. The first-order valence-corrected chi connectivity index (χ1v) is 11.8. The second kappa shape index (κ2) is 10.6. The molecule has 1 saturated heterocycles. The number of benzene rings is 2. The molecule has 0 aromatic heterocycles. The van der Waals surface area contributed by atoms with E-state index in [1.807, 2.05) is 50.2 Å². The zero-order valence-electron chi connectivity index (χ0n) is 20.7. The van der Waals surface area contributed by atoms with Crippen molar-refractivity contribution in [3.63, 3.8) is 0 Å². The smallest absolute Gasteiger partial charge is 0.295 e. The van der Waals surface area contributed by atoms with Crippen LogP contribution in [0.5, 0.6) is 5.75 Å². The first-order chi connectivity index (χ1) is 16.1. The van der Waals surface area contributed by atoms with Crippen LogP contribution in [0.25, 0.3) is 5.76 Å². The maximum absolute atomic E-state index is 13.3.